The molecule has 2 rings (SSSR count). The zero-order valence-corrected chi connectivity index (χ0v) is 11.1. The Labute approximate surface area is 108 Å². The van der Waals surface area contributed by atoms with Crippen LogP contribution in [0.1, 0.15) is 25.7 Å². The highest BCUT2D eigenvalue weighted by Gasteiger charge is 2.27. The molecular formula is C11H16BrN3O2. The van der Waals surface area contributed by atoms with Crippen molar-refractivity contribution in [3.63, 3.8) is 0 Å². The Hall–Kier alpha value is -0.880. The summed E-state index contributed by atoms with van der Waals surface area (Å²) in [6.07, 6.45) is 5.60. The van der Waals surface area contributed by atoms with Crippen LogP contribution >= 0.6 is 15.9 Å². The van der Waals surface area contributed by atoms with Crippen LogP contribution in [0, 0.1) is 0 Å². The first-order chi connectivity index (χ1) is 8.24. The van der Waals surface area contributed by atoms with E-state index in [1.807, 2.05) is 0 Å². The number of aromatic amines is 1. The van der Waals surface area contributed by atoms with Crippen LogP contribution in [-0.2, 0) is 0 Å². The van der Waals surface area contributed by atoms with E-state index in [1.165, 1.54) is 12.7 Å². The Balaban J connectivity index is 2.24. The molecule has 0 bridgehead atoms. The Morgan fingerprint density at radius 3 is 2.94 bits per heavy atom. The molecule has 1 saturated carbocycles. The number of hydrogen-bond donors (Lipinski definition) is 2. The second-order valence-corrected chi connectivity index (χ2v) is 5.02. The lowest BCUT2D eigenvalue weighted by Gasteiger charge is -2.38. The first kappa shape index (κ1) is 12.6. The van der Waals surface area contributed by atoms with Crippen molar-refractivity contribution in [3.8, 4) is 0 Å². The summed E-state index contributed by atoms with van der Waals surface area (Å²) in [6, 6.07) is 0.451. The van der Waals surface area contributed by atoms with Crippen molar-refractivity contribution in [1.82, 2.24) is 9.97 Å². The third-order valence-electron chi connectivity index (χ3n) is 3.12. The fourth-order valence-corrected chi connectivity index (χ4v) is 2.42. The number of halogens is 1. The van der Waals surface area contributed by atoms with Gasteiger partial charge in [0.1, 0.15) is 4.47 Å². The van der Waals surface area contributed by atoms with Gasteiger partial charge in [-0.05, 0) is 41.6 Å². The van der Waals surface area contributed by atoms with Crippen LogP contribution in [0.25, 0.3) is 0 Å². The van der Waals surface area contributed by atoms with E-state index in [1.54, 1.807) is 0 Å². The molecule has 1 fully saturated rings. The van der Waals surface area contributed by atoms with Gasteiger partial charge in [0.15, 0.2) is 5.82 Å². The summed E-state index contributed by atoms with van der Waals surface area (Å²) < 4.78 is 0.477. The Morgan fingerprint density at radius 2 is 2.35 bits per heavy atom. The molecule has 0 spiro atoms. The van der Waals surface area contributed by atoms with Gasteiger partial charge in [-0.15, -0.1) is 0 Å². The number of H-pyrrole nitrogens is 1. The van der Waals surface area contributed by atoms with Crippen LogP contribution in [0.3, 0.4) is 0 Å². The molecule has 0 saturated heterocycles. The Bertz CT molecular complexity index is 431. The molecule has 0 unspecified atom stereocenters. The largest absolute Gasteiger partial charge is 0.396 e. The van der Waals surface area contributed by atoms with Gasteiger partial charge in [-0.1, -0.05) is 0 Å². The van der Waals surface area contributed by atoms with Crippen molar-refractivity contribution in [2.24, 2.45) is 0 Å². The van der Waals surface area contributed by atoms with E-state index in [0.717, 1.165) is 19.4 Å². The average molecular weight is 302 g/mol. The predicted octanol–water partition coefficient (Wildman–Crippen LogP) is 1.27. The lowest BCUT2D eigenvalue weighted by Crippen LogP contribution is -2.42. The van der Waals surface area contributed by atoms with E-state index < -0.39 is 0 Å². The maximum atomic E-state index is 11.5. The lowest BCUT2D eigenvalue weighted by molar-refractivity contribution is 0.282. The third kappa shape index (κ3) is 2.69. The molecule has 5 nitrogen and oxygen atoms in total. The Morgan fingerprint density at radius 1 is 1.59 bits per heavy atom. The monoisotopic (exact) mass is 301 g/mol. The number of aromatic nitrogens is 2. The summed E-state index contributed by atoms with van der Waals surface area (Å²) in [4.78, 5) is 20.4. The molecule has 2 N–H and O–H groups in total. The number of rotatable bonds is 5. The van der Waals surface area contributed by atoms with Crippen LogP contribution in [-0.4, -0.2) is 34.3 Å². The van der Waals surface area contributed by atoms with Gasteiger partial charge in [-0.2, -0.15) is 0 Å². The highest BCUT2D eigenvalue weighted by Crippen LogP contribution is 2.30. The quantitative estimate of drug-likeness (QED) is 0.859. The standard InChI is InChI=1S/C11H16BrN3O2/c12-9-10(13-7-14-11(9)17)15(5-2-6-16)8-3-1-4-8/h7-8,16H,1-6H2,(H,13,14,17). The van der Waals surface area contributed by atoms with Crippen LogP contribution in [0.2, 0.25) is 0 Å². The second kappa shape index (κ2) is 5.64. The highest BCUT2D eigenvalue weighted by molar-refractivity contribution is 9.10. The zero-order chi connectivity index (χ0) is 12.3. The summed E-state index contributed by atoms with van der Waals surface area (Å²) in [5, 5.41) is 8.93. The van der Waals surface area contributed by atoms with Crippen molar-refractivity contribution >= 4 is 21.7 Å². The number of aliphatic hydroxyl groups excluding tert-OH is 1. The first-order valence-electron chi connectivity index (χ1n) is 5.84. The molecule has 17 heavy (non-hydrogen) atoms. The molecule has 94 valence electrons. The van der Waals surface area contributed by atoms with E-state index >= 15 is 0 Å². The normalized spacial score (nSPS) is 15.6. The van der Waals surface area contributed by atoms with Gasteiger partial charge in [0.2, 0.25) is 0 Å². The number of nitrogens with zero attached hydrogens (tertiary/aromatic N) is 2. The van der Waals surface area contributed by atoms with Crippen LogP contribution in [0.4, 0.5) is 5.82 Å². The highest BCUT2D eigenvalue weighted by atomic mass is 79.9. The molecule has 1 aromatic heterocycles. The van der Waals surface area contributed by atoms with Crippen LogP contribution in [0.5, 0.6) is 0 Å². The topological polar surface area (TPSA) is 69.2 Å². The summed E-state index contributed by atoms with van der Waals surface area (Å²) in [7, 11) is 0. The van der Waals surface area contributed by atoms with Crippen molar-refractivity contribution in [2.45, 2.75) is 31.7 Å². The van der Waals surface area contributed by atoms with Crippen molar-refractivity contribution in [2.75, 3.05) is 18.1 Å². The van der Waals surface area contributed by atoms with E-state index in [9.17, 15) is 4.79 Å². The minimum atomic E-state index is -0.164. The molecule has 0 amide bonds. The third-order valence-corrected chi connectivity index (χ3v) is 3.84. The molecule has 6 heteroatoms. The van der Waals surface area contributed by atoms with Crippen molar-refractivity contribution in [3.05, 3.63) is 21.2 Å². The van der Waals surface area contributed by atoms with E-state index in [-0.39, 0.29) is 12.2 Å². The maximum Gasteiger partial charge on any atom is 0.267 e. The summed E-state index contributed by atoms with van der Waals surface area (Å²) in [5.41, 5.74) is -0.164. The number of nitrogens with one attached hydrogen (secondary N) is 1. The van der Waals surface area contributed by atoms with Gasteiger partial charge in [-0.3, -0.25) is 4.79 Å². The molecule has 1 heterocycles. The molecule has 1 aliphatic carbocycles. The van der Waals surface area contributed by atoms with Gasteiger partial charge in [0.25, 0.3) is 5.56 Å². The van der Waals surface area contributed by atoms with Gasteiger partial charge in [0.05, 0.1) is 6.33 Å². The van der Waals surface area contributed by atoms with Crippen LogP contribution < -0.4 is 10.5 Å². The van der Waals surface area contributed by atoms with E-state index in [2.05, 4.69) is 30.8 Å². The van der Waals surface area contributed by atoms with Crippen molar-refractivity contribution < 1.29 is 5.11 Å². The van der Waals surface area contributed by atoms with Gasteiger partial charge in [0, 0.05) is 19.2 Å². The fraction of sp³-hybridized carbons (Fsp3) is 0.636. The Kier molecular flexibility index (Phi) is 4.17. The van der Waals surface area contributed by atoms with Gasteiger partial charge >= 0.3 is 0 Å². The molecule has 0 radical (unpaired) electrons. The minimum Gasteiger partial charge on any atom is -0.396 e. The number of hydrogen-bond acceptors (Lipinski definition) is 4. The summed E-state index contributed by atoms with van der Waals surface area (Å²) >= 11 is 3.28. The lowest BCUT2D eigenvalue weighted by atomic mass is 9.91. The smallest absolute Gasteiger partial charge is 0.267 e. The number of anilines is 1. The fourth-order valence-electron chi connectivity index (χ4n) is 1.97. The summed E-state index contributed by atoms with van der Waals surface area (Å²) in [5.74, 6) is 0.687. The maximum absolute atomic E-state index is 11.5. The van der Waals surface area contributed by atoms with Crippen LogP contribution in [0.15, 0.2) is 15.6 Å². The van der Waals surface area contributed by atoms with E-state index in [4.69, 9.17) is 5.11 Å². The molecule has 0 atom stereocenters. The molecule has 1 aromatic rings. The first-order valence-corrected chi connectivity index (χ1v) is 6.64. The molecule has 1 aliphatic rings. The zero-order valence-electron chi connectivity index (χ0n) is 9.53. The minimum absolute atomic E-state index is 0.157. The SMILES string of the molecule is O=c1[nH]cnc(N(CCCO)C2CCC2)c1Br. The number of aliphatic hydroxyl groups is 1. The van der Waals surface area contributed by atoms with Gasteiger partial charge in [-0.25, -0.2) is 4.98 Å². The molecule has 0 aliphatic heterocycles. The summed E-state index contributed by atoms with van der Waals surface area (Å²) in [6.45, 7) is 0.889. The molecule has 0 aromatic carbocycles. The van der Waals surface area contributed by atoms with Crippen molar-refractivity contribution in [1.29, 1.82) is 0 Å². The predicted molar refractivity (Wildman–Crippen MR) is 69.2 cm³/mol. The second-order valence-electron chi connectivity index (χ2n) is 4.22. The van der Waals surface area contributed by atoms with Gasteiger partial charge < -0.3 is 15.0 Å². The van der Waals surface area contributed by atoms with E-state index in [0.29, 0.717) is 22.8 Å². The average Bonchev–Trinajstić information content (AvgIpc) is 2.26. The molecular weight excluding hydrogens is 286 g/mol.